The second-order valence-electron chi connectivity index (χ2n) is 3.21. The second kappa shape index (κ2) is 4.59. The molecule has 1 heterocycles. The number of aromatic nitrogens is 1. The summed E-state index contributed by atoms with van der Waals surface area (Å²) >= 11 is 0. The summed E-state index contributed by atoms with van der Waals surface area (Å²) in [6, 6.07) is 3.11. The van der Waals surface area contributed by atoms with E-state index in [0.717, 1.165) is 0 Å². The van der Waals surface area contributed by atoms with E-state index in [4.69, 9.17) is 10.5 Å². The van der Waals surface area contributed by atoms with Crippen molar-refractivity contribution < 1.29 is 13.2 Å². The van der Waals surface area contributed by atoms with Gasteiger partial charge in [-0.15, -0.1) is 0 Å². The summed E-state index contributed by atoms with van der Waals surface area (Å²) in [7, 11) is -2.04. The zero-order valence-corrected chi connectivity index (χ0v) is 9.49. The maximum atomic E-state index is 11.9. The monoisotopic (exact) mass is 230 g/mol. The highest BCUT2D eigenvalue weighted by Gasteiger charge is 2.26. The van der Waals surface area contributed by atoms with Crippen LogP contribution >= 0.6 is 0 Å². The SMILES string of the molecule is COCC(C)S(=O)(=O)c1ncccc1N. The number of sulfone groups is 1. The van der Waals surface area contributed by atoms with Gasteiger partial charge >= 0.3 is 0 Å². The van der Waals surface area contributed by atoms with Gasteiger partial charge in [0.05, 0.1) is 17.5 Å². The predicted octanol–water partition coefficient (Wildman–Crippen LogP) is 0.472. The standard InChI is InChI=1S/C9H14N2O3S/c1-7(6-14-2)15(12,13)9-8(10)4-3-5-11-9/h3-5,7H,6,10H2,1-2H3. The molecular formula is C9H14N2O3S. The van der Waals surface area contributed by atoms with Gasteiger partial charge in [0.25, 0.3) is 0 Å². The van der Waals surface area contributed by atoms with Crippen LogP contribution in [0.5, 0.6) is 0 Å². The third-order valence-corrected chi connectivity index (χ3v) is 4.08. The van der Waals surface area contributed by atoms with Gasteiger partial charge in [-0.3, -0.25) is 0 Å². The first-order valence-corrected chi connectivity index (χ1v) is 5.98. The third-order valence-electron chi connectivity index (χ3n) is 2.00. The maximum absolute atomic E-state index is 11.9. The molecule has 0 aromatic carbocycles. The van der Waals surface area contributed by atoms with Crippen LogP contribution < -0.4 is 5.73 Å². The molecule has 5 nitrogen and oxygen atoms in total. The molecule has 2 N–H and O–H groups in total. The van der Waals surface area contributed by atoms with Crippen LogP contribution in [-0.2, 0) is 14.6 Å². The molecule has 6 heteroatoms. The van der Waals surface area contributed by atoms with Gasteiger partial charge in [0.15, 0.2) is 5.03 Å². The van der Waals surface area contributed by atoms with Crippen LogP contribution in [0.1, 0.15) is 6.92 Å². The van der Waals surface area contributed by atoms with Crippen molar-refractivity contribution >= 4 is 15.5 Å². The highest BCUT2D eigenvalue weighted by atomic mass is 32.2. The molecule has 0 fully saturated rings. The zero-order chi connectivity index (χ0) is 11.5. The molecule has 0 radical (unpaired) electrons. The molecule has 1 aromatic rings. The molecule has 0 aliphatic carbocycles. The molecule has 1 unspecified atom stereocenters. The Morgan fingerprint density at radius 2 is 2.27 bits per heavy atom. The van der Waals surface area contributed by atoms with E-state index in [9.17, 15) is 8.42 Å². The Hall–Kier alpha value is -1.14. The van der Waals surface area contributed by atoms with E-state index in [1.807, 2.05) is 0 Å². The second-order valence-corrected chi connectivity index (χ2v) is 5.49. The lowest BCUT2D eigenvalue weighted by Crippen LogP contribution is -2.24. The molecule has 1 rings (SSSR count). The van der Waals surface area contributed by atoms with E-state index in [1.165, 1.54) is 19.4 Å². The molecule has 0 aliphatic heterocycles. The molecule has 0 amide bonds. The van der Waals surface area contributed by atoms with Gasteiger partial charge < -0.3 is 10.5 Å². The summed E-state index contributed by atoms with van der Waals surface area (Å²) in [6.07, 6.45) is 1.41. The number of rotatable bonds is 4. The quantitative estimate of drug-likeness (QED) is 0.813. The van der Waals surface area contributed by atoms with E-state index in [2.05, 4.69) is 4.98 Å². The number of ether oxygens (including phenoxy) is 1. The van der Waals surface area contributed by atoms with Crippen molar-refractivity contribution in [3.63, 3.8) is 0 Å². The van der Waals surface area contributed by atoms with Crippen molar-refractivity contribution in [2.45, 2.75) is 17.2 Å². The first-order chi connectivity index (χ1) is 7.00. The number of hydrogen-bond acceptors (Lipinski definition) is 5. The number of pyridine rings is 1. The molecule has 0 saturated heterocycles. The van der Waals surface area contributed by atoms with E-state index < -0.39 is 15.1 Å². The van der Waals surface area contributed by atoms with E-state index >= 15 is 0 Å². The van der Waals surface area contributed by atoms with Gasteiger partial charge in [-0.1, -0.05) is 0 Å². The molecular weight excluding hydrogens is 216 g/mol. The smallest absolute Gasteiger partial charge is 0.202 e. The first kappa shape index (κ1) is 11.9. The van der Waals surface area contributed by atoms with Crippen LogP contribution in [0.2, 0.25) is 0 Å². The number of nitrogens with zero attached hydrogens (tertiary/aromatic N) is 1. The number of anilines is 1. The van der Waals surface area contributed by atoms with Gasteiger partial charge in [-0.2, -0.15) is 0 Å². The number of nitrogen functional groups attached to an aromatic ring is 1. The first-order valence-electron chi connectivity index (χ1n) is 4.43. The van der Waals surface area contributed by atoms with Gasteiger partial charge in [-0.25, -0.2) is 13.4 Å². The lowest BCUT2D eigenvalue weighted by Gasteiger charge is -2.12. The fourth-order valence-corrected chi connectivity index (χ4v) is 2.46. The minimum atomic E-state index is -3.49. The molecule has 1 atom stereocenters. The van der Waals surface area contributed by atoms with Crippen LogP contribution in [0.15, 0.2) is 23.4 Å². The molecule has 1 aromatic heterocycles. The van der Waals surface area contributed by atoms with Crippen molar-refractivity contribution in [1.82, 2.24) is 4.98 Å². The van der Waals surface area contributed by atoms with Gasteiger partial charge in [0, 0.05) is 13.3 Å². The van der Waals surface area contributed by atoms with Gasteiger partial charge in [0.2, 0.25) is 9.84 Å². The fraction of sp³-hybridized carbons (Fsp3) is 0.444. The molecule has 0 aliphatic rings. The van der Waals surface area contributed by atoms with Crippen molar-refractivity contribution in [3.05, 3.63) is 18.3 Å². The Labute approximate surface area is 89.2 Å². The Balaban J connectivity index is 3.12. The van der Waals surface area contributed by atoms with Crippen LogP contribution in [0.3, 0.4) is 0 Å². The van der Waals surface area contributed by atoms with Crippen LogP contribution in [0, 0.1) is 0 Å². The summed E-state index contributed by atoms with van der Waals surface area (Å²) in [5.74, 6) is 0. The number of methoxy groups -OCH3 is 1. The van der Waals surface area contributed by atoms with E-state index in [0.29, 0.717) is 0 Å². The van der Waals surface area contributed by atoms with Crippen molar-refractivity contribution in [2.24, 2.45) is 0 Å². The molecule has 0 bridgehead atoms. The topological polar surface area (TPSA) is 82.3 Å². The largest absolute Gasteiger partial charge is 0.396 e. The molecule has 0 spiro atoms. The zero-order valence-electron chi connectivity index (χ0n) is 8.67. The minimum Gasteiger partial charge on any atom is -0.396 e. The van der Waals surface area contributed by atoms with E-state index in [-0.39, 0.29) is 17.3 Å². The van der Waals surface area contributed by atoms with Crippen LogP contribution in [0.4, 0.5) is 5.69 Å². The highest BCUT2D eigenvalue weighted by Crippen LogP contribution is 2.19. The van der Waals surface area contributed by atoms with E-state index in [1.54, 1.807) is 13.0 Å². The van der Waals surface area contributed by atoms with Crippen molar-refractivity contribution in [1.29, 1.82) is 0 Å². The van der Waals surface area contributed by atoms with Gasteiger partial charge in [0.1, 0.15) is 0 Å². The average molecular weight is 230 g/mol. The molecule has 15 heavy (non-hydrogen) atoms. The molecule has 0 saturated carbocycles. The predicted molar refractivity (Wildman–Crippen MR) is 57.2 cm³/mol. The third kappa shape index (κ3) is 2.45. The number of nitrogens with two attached hydrogens (primary N) is 1. The Bertz CT molecular complexity index is 431. The molecule has 84 valence electrons. The normalized spacial score (nSPS) is 13.7. The summed E-state index contributed by atoms with van der Waals surface area (Å²) in [5, 5.41) is -0.728. The minimum absolute atomic E-state index is 0.0745. The fourth-order valence-electron chi connectivity index (χ4n) is 1.16. The highest BCUT2D eigenvalue weighted by molar-refractivity contribution is 7.92. The van der Waals surface area contributed by atoms with Crippen LogP contribution in [-0.4, -0.2) is 32.4 Å². The maximum Gasteiger partial charge on any atom is 0.202 e. The summed E-state index contributed by atoms with van der Waals surface area (Å²) in [4.78, 5) is 3.78. The Morgan fingerprint density at radius 3 is 2.80 bits per heavy atom. The summed E-state index contributed by atoms with van der Waals surface area (Å²) in [5.41, 5.74) is 5.73. The van der Waals surface area contributed by atoms with Crippen molar-refractivity contribution in [3.8, 4) is 0 Å². The summed E-state index contributed by atoms with van der Waals surface area (Å²) < 4.78 is 28.6. The van der Waals surface area contributed by atoms with Crippen molar-refractivity contribution in [2.75, 3.05) is 19.5 Å². The average Bonchev–Trinajstić information content (AvgIpc) is 2.18. The Kier molecular flexibility index (Phi) is 3.65. The number of hydrogen-bond donors (Lipinski definition) is 1. The lowest BCUT2D eigenvalue weighted by atomic mass is 10.4. The van der Waals surface area contributed by atoms with Gasteiger partial charge in [-0.05, 0) is 19.1 Å². The Morgan fingerprint density at radius 1 is 1.60 bits per heavy atom. The lowest BCUT2D eigenvalue weighted by molar-refractivity contribution is 0.200. The van der Waals surface area contributed by atoms with Crippen LogP contribution in [0.25, 0.3) is 0 Å². The summed E-state index contributed by atoms with van der Waals surface area (Å²) in [6.45, 7) is 1.69.